The van der Waals surface area contributed by atoms with Gasteiger partial charge in [-0.15, -0.1) is 0 Å². The van der Waals surface area contributed by atoms with Crippen molar-refractivity contribution in [1.82, 2.24) is 0 Å². The van der Waals surface area contributed by atoms with Crippen LogP contribution in [0.15, 0.2) is 109 Å². The van der Waals surface area contributed by atoms with Crippen LogP contribution in [0.5, 0.6) is 0 Å². The van der Waals surface area contributed by atoms with Gasteiger partial charge in [0, 0.05) is 19.3 Å². The predicted octanol–water partition coefficient (Wildman–Crippen LogP) is 23.4. The molecule has 0 bridgehead atoms. The van der Waals surface area contributed by atoms with Crippen LogP contribution in [0.1, 0.15) is 323 Å². The van der Waals surface area contributed by atoms with Gasteiger partial charge < -0.3 is 14.2 Å². The van der Waals surface area contributed by atoms with Gasteiger partial charge in [0.25, 0.3) is 0 Å². The van der Waals surface area contributed by atoms with Crippen molar-refractivity contribution in [3.63, 3.8) is 0 Å². The van der Waals surface area contributed by atoms with Crippen LogP contribution in [-0.2, 0) is 28.6 Å². The Labute approximate surface area is 495 Å². The zero-order valence-electron chi connectivity index (χ0n) is 52.6. The van der Waals surface area contributed by atoms with E-state index >= 15 is 0 Å². The summed E-state index contributed by atoms with van der Waals surface area (Å²) in [6, 6.07) is 0. The van der Waals surface area contributed by atoms with Crippen molar-refractivity contribution in [3.05, 3.63) is 109 Å². The summed E-state index contributed by atoms with van der Waals surface area (Å²) in [5.41, 5.74) is 0. The van der Waals surface area contributed by atoms with Crippen molar-refractivity contribution >= 4 is 17.9 Å². The maximum Gasteiger partial charge on any atom is 0.306 e. The van der Waals surface area contributed by atoms with Gasteiger partial charge in [-0.3, -0.25) is 14.4 Å². The Morgan fingerprint density at radius 2 is 0.500 bits per heavy atom. The first-order valence-corrected chi connectivity index (χ1v) is 33.9. The predicted molar refractivity (Wildman–Crippen MR) is 348 cm³/mol. The SMILES string of the molecule is CC/C=C\C/C=C\C/C=C\C/C=C\C/C=C\C/C=C\C/C=C\CCCC(=O)OCC(COC(=O)CCCCCCCCCCCCCCCCCC)OC(=O)CCCCCCCCCCCCC/C=C\C/C=C\CCCCCCC. The maximum absolute atomic E-state index is 12.9. The average molecular weight is 1110 g/mol. The van der Waals surface area contributed by atoms with Crippen LogP contribution in [0, 0.1) is 0 Å². The van der Waals surface area contributed by atoms with Crippen LogP contribution in [0.4, 0.5) is 0 Å². The highest BCUT2D eigenvalue weighted by molar-refractivity contribution is 5.71. The Balaban J connectivity index is 4.46. The van der Waals surface area contributed by atoms with Gasteiger partial charge in [0.2, 0.25) is 0 Å². The molecule has 0 amide bonds. The van der Waals surface area contributed by atoms with E-state index in [1.54, 1.807) is 0 Å². The number of unbranched alkanes of at least 4 members (excludes halogenated alkanes) is 32. The van der Waals surface area contributed by atoms with E-state index < -0.39 is 6.10 Å². The Morgan fingerprint density at radius 3 is 0.812 bits per heavy atom. The standard InChI is InChI=1S/C74H126O6/c1-4-7-10-13-16-19-22-25-28-31-33-35-37-39-41-43-46-49-52-55-58-61-64-67-73(76)79-70-71(69-78-72(75)66-63-60-57-54-51-48-45-30-27-24-21-18-15-12-9-6-3)80-74(77)68-65-62-59-56-53-50-47-44-42-40-38-36-34-32-29-26-23-20-17-14-11-8-5-2/h7,10,16,19,23,25-26,28,32-35,39,41,46,49,55,58,71H,4-6,8-9,11-15,17-18,20-22,24,27,29-31,36-38,40,42-45,47-48,50-54,56-57,59-70H2,1-3H3/b10-7-,19-16-,26-23-,28-25-,34-32-,35-33-,41-39-,49-46-,58-55-. The molecule has 1 atom stereocenters. The Hall–Kier alpha value is -3.93. The smallest absolute Gasteiger partial charge is 0.306 e. The van der Waals surface area contributed by atoms with Gasteiger partial charge >= 0.3 is 17.9 Å². The molecule has 458 valence electrons. The monoisotopic (exact) mass is 1110 g/mol. The second kappa shape index (κ2) is 67.6. The molecule has 1 unspecified atom stereocenters. The zero-order chi connectivity index (χ0) is 57.8. The van der Waals surface area contributed by atoms with Crippen molar-refractivity contribution in [3.8, 4) is 0 Å². The summed E-state index contributed by atoms with van der Waals surface area (Å²) in [6.45, 7) is 6.50. The van der Waals surface area contributed by atoms with Crippen molar-refractivity contribution in [2.75, 3.05) is 13.2 Å². The fourth-order valence-corrected chi connectivity index (χ4v) is 9.46. The minimum atomic E-state index is -0.805. The van der Waals surface area contributed by atoms with Crippen molar-refractivity contribution in [1.29, 1.82) is 0 Å². The number of hydrogen-bond donors (Lipinski definition) is 0. The largest absolute Gasteiger partial charge is 0.462 e. The van der Waals surface area contributed by atoms with Crippen molar-refractivity contribution in [2.45, 2.75) is 329 Å². The summed E-state index contributed by atoms with van der Waals surface area (Å²) in [5.74, 6) is -0.947. The molecule has 0 saturated heterocycles. The third-order valence-corrected chi connectivity index (χ3v) is 14.5. The summed E-state index contributed by atoms with van der Waals surface area (Å²) in [6.07, 6.45) is 92.5. The first-order chi connectivity index (χ1) is 39.5. The third-order valence-electron chi connectivity index (χ3n) is 14.5. The van der Waals surface area contributed by atoms with E-state index in [1.165, 1.54) is 180 Å². The summed E-state index contributed by atoms with van der Waals surface area (Å²) >= 11 is 0. The fraction of sp³-hybridized carbons (Fsp3) is 0.716. The van der Waals surface area contributed by atoms with Gasteiger partial charge in [0.15, 0.2) is 6.10 Å². The lowest BCUT2D eigenvalue weighted by Crippen LogP contribution is -2.30. The molecule has 0 aliphatic rings. The van der Waals surface area contributed by atoms with Crippen LogP contribution in [0.2, 0.25) is 0 Å². The molecule has 0 N–H and O–H groups in total. The molecule has 0 aromatic carbocycles. The molecule has 0 saturated carbocycles. The van der Waals surface area contributed by atoms with E-state index in [4.69, 9.17) is 14.2 Å². The molecule has 0 radical (unpaired) electrons. The van der Waals surface area contributed by atoms with Crippen LogP contribution in [0.3, 0.4) is 0 Å². The Bertz CT molecular complexity index is 1610. The highest BCUT2D eigenvalue weighted by atomic mass is 16.6. The van der Waals surface area contributed by atoms with E-state index in [0.717, 1.165) is 96.3 Å². The number of carbonyl (C=O) groups excluding carboxylic acids is 3. The molecule has 6 heteroatoms. The Morgan fingerprint density at radius 1 is 0.263 bits per heavy atom. The summed E-state index contributed by atoms with van der Waals surface area (Å²) in [5, 5.41) is 0. The van der Waals surface area contributed by atoms with Gasteiger partial charge in [0.05, 0.1) is 0 Å². The number of allylic oxidation sites excluding steroid dienone is 18. The molecular formula is C74H126O6. The lowest BCUT2D eigenvalue weighted by molar-refractivity contribution is -0.167. The van der Waals surface area contributed by atoms with Gasteiger partial charge in [0.1, 0.15) is 13.2 Å². The normalized spacial score (nSPS) is 12.8. The molecule has 0 heterocycles. The van der Waals surface area contributed by atoms with E-state index in [-0.39, 0.29) is 37.5 Å². The highest BCUT2D eigenvalue weighted by Crippen LogP contribution is 2.17. The van der Waals surface area contributed by atoms with E-state index in [2.05, 4.69) is 130 Å². The molecule has 0 rings (SSSR count). The van der Waals surface area contributed by atoms with Crippen LogP contribution in [0.25, 0.3) is 0 Å². The first-order valence-electron chi connectivity index (χ1n) is 33.9. The molecule has 80 heavy (non-hydrogen) atoms. The van der Waals surface area contributed by atoms with E-state index in [0.29, 0.717) is 19.3 Å². The van der Waals surface area contributed by atoms with Crippen LogP contribution >= 0.6 is 0 Å². The number of rotatable bonds is 61. The highest BCUT2D eigenvalue weighted by Gasteiger charge is 2.19. The minimum Gasteiger partial charge on any atom is -0.462 e. The molecule has 0 aliphatic carbocycles. The second-order valence-electron chi connectivity index (χ2n) is 22.4. The molecule has 0 aliphatic heterocycles. The molecule has 0 fully saturated rings. The van der Waals surface area contributed by atoms with Crippen molar-refractivity contribution < 1.29 is 28.6 Å². The van der Waals surface area contributed by atoms with Gasteiger partial charge in [-0.2, -0.15) is 0 Å². The lowest BCUT2D eigenvalue weighted by Gasteiger charge is -2.18. The minimum absolute atomic E-state index is 0.0949. The van der Waals surface area contributed by atoms with Gasteiger partial charge in [-0.25, -0.2) is 0 Å². The molecule has 0 aromatic heterocycles. The summed E-state index contributed by atoms with van der Waals surface area (Å²) in [7, 11) is 0. The van der Waals surface area contributed by atoms with Crippen molar-refractivity contribution in [2.24, 2.45) is 0 Å². The van der Waals surface area contributed by atoms with Crippen LogP contribution in [-0.4, -0.2) is 37.2 Å². The first kappa shape index (κ1) is 76.1. The zero-order valence-corrected chi connectivity index (χ0v) is 52.6. The van der Waals surface area contributed by atoms with Crippen LogP contribution < -0.4 is 0 Å². The molecule has 0 aromatic rings. The maximum atomic E-state index is 12.9. The fourth-order valence-electron chi connectivity index (χ4n) is 9.46. The number of carbonyl (C=O) groups is 3. The summed E-state index contributed by atoms with van der Waals surface area (Å²) in [4.78, 5) is 38.4. The number of ether oxygens (including phenoxy) is 3. The summed E-state index contributed by atoms with van der Waals surface area (Å²) < 4.78 is 16.9. The molecule has 6 nitrogen and oxygen atoms in total. The van der Waals surface area contributed by atoms with Gasteiger partial charge in [-0.1, -0.05) is 310 Å². The third kappa shape index (κ3) is 64.9. The molecule has 0 spiro atoms. The quantitative estimate of drug-likeness (QED) is 0.0261. The number of esters is 3. The van der Waals surface area contributed by atoms with Gasteiger partial charge in [-0.05, 0) is 103 Å². The average Bonchev–Trinajstić information content (AvgIpc) is 3.46. The molecular weight excluding hydrogens is 985 g/mol. The Kier molecular flexibility index (Phi) is 64.3. The second-order valence-corrected chi connectivity index (χ2v) is 22.4. The van der Waals surface area contributed by atoms with E-state index in [9.17, 15) is 14.4 Å². The number of hydrogen-bond acceptors (Lipinski definition) is 6. The topological polar surface area (TPSA) is 78.9 Å². The van der Waals surface area contributed by atoms with E-state index in [1.807, 2.05) is 0 Å². The lowest BCUT2D eigenvalue weighted by atomic mass is 10.0.